The van der Waals surface area contributed by atoms with Gasteiger partial charge in [-0.1, -0.05) is 32.4 Å². The van der Waals surface area contributed by atoms with Crippen LogP contribution in [0.5, 0.6) is 0 Å². The van der Waals surface area contributed by atoms with Gasteiger partial charge < -0.3 is 4.74 Å². The number of rotatable bonds is 7. The van der Waals surface area contributed by atoms with E-state index in [1.165, 1.54) is 5.57 Å². The van der Waals surface area contributed by atoms with Crippen molar-refractivity contribution in [1.82, 2.24) is 0 Å². The molecule has 0 heterocycles. The number of allylic oxidation sites excluding steroid dienone is 2. The molecular formula is C14H26O2. The van der Waals surface area contributed by atoms with E-state index in [0.29, 0.717) is 24.9 Å². The number of ether oxygens (including phenoxy) is 1. The van der Waals surface area contributed by atoms with Crippen LogP contribution in [-0.4, -0.2) is 12.6 Å². The molecule has 16 heavy (non-hydrogen) atoms. The summed E-state index contributed by atoms with van der Waals surface area (Å²) in [6.07, 6.45) is 4.88. The maximum absolute atomic E-state index is 11.4. The summed E-state index contributed by atoms with van der Waals surface area (Å²) in [6.45, 7) is 10.9. The van der Waals surface area contributed by atoms with Gasteiger partial charge in [0, 0.05) is 6.42 Å². The maximum atomic E-state index is 11.4. The molecule has 2 nitrogen and oxygen atoms in total. The van der Waals surface area contributed by atoms with Crippen LogP contribution in [0, 0.1) is 11.8 Å². The Kier molecular flexibility index (Phi) is 7.96. The van der Waals surface area contributed by atoms with Gasteiger partial charge in [-0.2, -0.15) is 0 Å². The monoisotopic (exact) mass is 226 g/mol. The molecule has 0 aromatic rings. The fraction of sp³-hybridized carbons (Fsp3) is 0.786. The largest absolute Gasteiger partial charge is 0.465 e. The second-order valence-electron chi connectivity index (χ2n) is 5.24. The Hall–Kier alpha value is -0.790. The predicted octanol–water partition coefficient (Wildman–Crippen LogP) is 3.96. The second-order valence-corrected chi connectivity index (χ2v) is 5.24. The van der Waals surface area contributed by atoms with Gasteiger partial charge in [-0.3, -0.25) is 4.79 Å². The molecule has 0 saturated carbocycles. The Morgan fingerprint density at radius 2 is 1.88 bits per heavy atom. The third-order valence-corrected chi connectivity index (χ3v) is 2.30. The first-order valence-corrected chi connectivity index (χ1v) is 6.20. The standard InChI is InChI=1S/C14H26O2/c1-11(2)7-6-8-13(5)9-14(15)16-10-12(3)4/h7,12-13H,6,8-10H2,1-5H3/t13-/m0/s1. The van der Waals surface area contributed by atoms with Gasteiger partial charge in [0.05, 0.1) is 6.61 Å². The molecule has 0 fully saturated rings. The van der Waals surface area contributed by atoms with Crippen LogP contribution in [0.25, 0.3) is 0 Å². The molecule has 1 atom stereocenters. The average Bonchev–Trinajstić information content (AvgIpc) is 2.14. The van der Waals surface area contributed by atoms with Gasteiger partial charge in [0.15, 0.2) is 0 Å². The first-order valence-electron chi connectivity index (χ1n) is 6.20. The first-order chi connectivity index (χ1) is 7.41. The van der Waals surface area contributed by atoms with Crippen LogP contribution >= 0.6 is 0 Å². The zero-order valence-electron chi connectivity index (χ0n) is 11.4. The summed E-state index contributed by atoms with van der Waals surface area (Å²) >= 11 is 0. The molecule has 0 rings (SSSR count). The number of hydrogen-bond donors (Lipinski definition) is 0. The van der Waals surface area contributed by atoms with E-state index >= 15 is 0 Å². The van der Waals surface area contributed by atoms with Crippen molar-refractivity contribution in [3.63, 3.8) is 0 Å². The van der Waals surface area contributed by atoms with E-state index in [1.807, 2.05) is 13.8 Å². The van der Waals surface area contributed by atoms with Crippen LogP contribution in [0.3, 0.4) is 0 Å². The molecule has 0 bridgehead atoms. The molecule has 2 heteroatoms. The molecule has 0 aliphatic rings. The summed E-state index contributed by atoms with van der Waals surface area (Å²) in [6, 6.07) is 0. The maximum Gasteiger partial charge on any atom is 0.306 e. The summed E-state index contributed by atoms with van der Waals surface area (Å²) in [5, 5.41) is 0. The summed E-state index contributed by atoms with van der Waals surface area (Å²) in [7, 11) is 0. The molecule has 0 saturated heterocycles. The van der Waals surface area contributed by atoms with Gasteiger partial charge in [-0.15, -0.1) is 0 Å². The summed E-state index contributed by atoms with van der Waals surface area (Å²) in [5.41, 5.74) is 1.34. The molecule has 0 radical (unpaired) electrons. The molecule has 94 valence electrons. The molecule has 0 unspecified atom stereocenters. The quantitative estimate of drug-likeness (QED) is 0.485. The Bertz CT molecular complexity index is 225. The van der Waals surface area contributed by atoms with Crippen molar-refractivity contribution in [3.8, 4) is 0 Å². The van der Waals surface area contributed by atoms with Gasteiger partial charge in [0.1, 0.15) is 0 Å². The Morgan fingerprint density at radius 1 is 1.25 bits per heavy atom. The van der Waals surface area contributed by atoms with Crippen LogP contribution in [0.4, 0.5) is 0 Å². The molecule has 0 aromatic carbocycles. The van der Waals surface area contributed by atoms with E-state index in [-0.39, 0.29) is 5.97 Å². The average molecular weight is 226 g/mol. The van der Waals surface area contributed by atoms with E-state index in [9.17, 15) is 4.79 Å². The van der Waals surface area contributed by atoms with Crippen molar-refractivity contribution in [3.05, 3.63) is 11.6 Å². The zero-order valence-corrected chi connectivity index (χ0v) is 11.4. The van der Waals surface area contributed by atoms with Gasteiger partial charge in [0.25, 0.3) is 0 Å². The van der Waals surface area contributed by atoms with Gasteiger partial charge in [0.2, 0.25) is 0 Å². The fourth-order valence-corrected chi connectivity index (χ4v) is 1.36. The number of hydrogen-bond acceptors (Lipinski definition) is 2. The smallest absolute Gasteiger partial charge is 0.306 e. The fourth-order valence-electron chi connectivity index (χ4n) is 1.36. The third-order valence-electron chi connectivity index (χ3n) is 2.30. The topological polar surface area (TPSA) is 26.3 Å². The SMILES string of the molecule is CC(C)=CCC[C@H](C)CC(=O)OCC(C)C. The number of carbonyl (C=O) groups is 1. The van der Waals surface area contributed by atoms with Crippen molar-refractivity contribution in [2.75, 3.05) is 6.61 Å². The van der Waals surface area contributed by atoms with Crippen LogP contribution in [0.2, 0.25) is 0 Å². The normalized spacial score (nSPS) is 12.4. The molecule has 0 aromatic heterocycles. The van der Waals surface area contributed by atoms with Crippen molar-refractivity contribution in [2.45, 2.75) is 53.9 Å². The van der Waals surface area contributed by atoms with E-state index in [2.05, 4.69) is 26.8 Å². The zero-order chi connectivity index (χ0) is 12.6. The highest BCUT2D eigenvalue weighted by molar-refractivity contribution is 5.69. The second kappa shape index (κ2) is 8.37. The molecule has 0 N–H and O–H groups in total. The summed E-state index contributed by atoms with van der Waals surface area (Å²) in [5.74, 6) is 0.776. The Balaban J connectivity index is 3.66. The lowest BCUT2D eigenvalue weighted by Gasteiger charge is -2.11. The van der Waals surface area contributed by atoms with Gasteiger partial charge >= 0.3 is 5.97 Å². The van der Waals surface area contributed by atoms with Crippen molar-refractivity contribution in [1.29, 1.82) is 0 Å². The lowest BCUT2D eigenvalue weighted by atomic mass is 10.0. The highest BCUT2D eigenvalue weighted by Gasteiger charge is 2.10. The van der Waals surface area contributed by atoms with E-state index in [0.717, 1.165) is 12.8 Å². The van der Waals surface area contributed by atoms with Crippen LogP contribution < -0.4 is 0 Å². The van der Waals surface area contributed by atoms with Crippen molar-refractivity contribution < 1.29 is 9.53 Å². The highest BCUT2D eigenvalue weighted by atomic mass is 16.5. The molecule has 0 aliphatic carbocycles. The minimum Gasteiger partial charge on any atom is -0.465 e. The van der Waals surface area contributed by atoms with E-state index in [1.54, 1.807) is 0 Å². The predicted molar refractivity (Wildman–Crippen MR) is 68.2 cm³/mol. The molecule has 0 amide bonds. The van der Waals surface area contributed by atoms with E-state index in [4.69, 9.17) is 4.74 Å². The van der Waals surface area contributed by atoms with Crippen molar-refractivity contribution in [2.24, 2.45) is 11.8 Å². The minimum atomic E-state index is -0.0570. The minimum absolute atomic E-state index is 0.0570. The van der Waals surface area contributed by atoms with Crippen LogP contribution in [-0.2, 0) is 9.53 Å². The summed E-state index contributed by atoms with van der Waals surface area (Å²) in [4.78, 5) is 11.4. The Morgan fingerprint density at radius 3 is 2.38 bits per heavy atom. The number of carbonyl (C=O) groups excluding carboxylic acids is 1. The molecule has 0 aliphatic heterocycles. The third kappa shape index (κ3) is 9.75. The van der Waals surface area contributed by atoms with Crippen molar-refractivity contribution >= 4 is 5.97 Å². The Labute approximate surface area is 100 Å². The van der Waals surface area contributed by atoms with Crippen LogP contribution in [0.1, 0.15) is 53.9 Å². The van der Waals surface area contributed by atoms with Crippen LogP contribution in [0.15, 0.2) is 11.6 Å². The highest BCUT2D eigenvalue weighted by Crippen LogP contribution is 2.12. The van der Waals surface area contributed by atoms with E-state index < -0.39 is 0 Å². The lowest BCUT2D eigenvalue weighted by Crippen LogP contribution is -2.13. The number of esters is 1. The van der Waals surface area contributed by atoms with Gasteiger partial charge in [-0.25, -0.2) is 0 Å². The lowest BCUT2D eigenvalue weighted by molar-refractivity contribution is -0.145. The van der Waals surface area contributed by atoms with Gasteiger partial charge in [-0.05, 0) is 38.5 Å². The summed E-state index contributed by atoms with van der Waals surface area (Å²) < 4.78 is 5.15. The first kappa shape index (κ1) is 15.2. The molecular weight excluding hydrogens is 200 g/mol. The molecule has 0 spiro atoms.